The summed E-state index contributed by atoms with van der Waals surface area (Å²) in [6, 6.07) is 6.03. The number of benzene rings is 1. The van der Waals surface area contributed by atoms with Gasteiger partial charge >= 0.3 is 12.1 Å². The van der Waals surface area contributed by atoms with Gasteiger partial charge in [-0.25, -0.2) is 27.9 Å². The van der Waals surface area contributed by atoms with Crippen LogP contribution in [0.3, 0.4) is 0 Å². The van der Waals surface area contributed by atoms with Crippen LogP contribution in [0, 0.1) is 17.5 Å². The van der Waals surface area contributed by atoms with E-state index in [0.29, 0.717) is 48.7 Å². The van der Waals surface area contributed by atoms with E-state index in [4.69, 9.17) is 4.74 Å². The van der Waals surface area contributed by atoms with Crippen LogP contribution in [0.25, 0.3) is 11.1 Å². The lowest BCUT2D eigenvalue weighted by atomic mass is 9.99. The summed E-state index contributed by atoms with van der Waals surface area (Å²) in [5.74, 6) is -5.14. The molecule has 0 saturated heterocycles. The van der Waals surface area contributed by atoms with Crippen LogP contribution in [-0.4, -0.2) is 21.0 Å². The molecule has 0 aliphatic heterocycles. The highest BCUT2D eigenvalue weighted by atomic mass is 19.4. The highest BCUT2D eigenvalue weighted by Crippen LogP contribution is 2.43. The molecule has 2 heterocycles. The van der Waals surface area contributed by atoms with Crippen LogP contribution in [-0.2, 0) is 12.8 Å². The third-order valence-corrected chi connectivity index (χ3v) is 5.46. The number of rotatable bonds is 6. The Bertz CT molecular complexity index is 1310. The Kier molecular flexibility index (Phi) is 6.51. The van der Waals surface area contributed by atoms with Gasteiger partial charge in [-0.2, -0.15) is 13.2 Å². The number of carboxylic acid groups (broad SMARTS) is 1. The Hall–Kier alpha value is -3.89. The highest BCUT2D eigenvalue weighted by molar-refractivity contribution is 5.94. The SMILES string of the molecule is O=C(O)c1cccc(C2=C(c3cc(C(F)(F)F)cnc3OCc3c(F)cc(F)cc3F)CCC2)n1. The number of pyridine rings is 2. The summed E-state index contributed by atoms with van der Waals surface area (Å²) in [6.07, 6.45) is -2.93. The quantitative estimate of drug-likeness (QED) is 0.408. The van der Waals surface area contributed by atoms with Gasteiger partial charge in [0.1, 0.15) is 29.8 Å². The van der Waals surface area contributed by atoms with E-state index in [9.17, 15) is 36.2 Å². The number of hydrogen-bond acceptors (Lipinski definition) is 4. The number of carbonyl (C=O) groups is 1. The summed E-state index contributed by atoms with van der Waals surface area (Å²) in [5, 5.41) is 9.23. The summed E-state index contributed by atoms with van der Waals surface area (Å²) in [6.45, 7) is -0.751. The summed E-state index contributed by atoms with van der Waals surface area (Å²) in [4.78, 5) is 19.1. The second-order valence-electron chi connectivity index (χ2n) is 7.74. The van der Waals surface area contributed by atoms with Gasteiger partial charge in [-0.3, -0.25) is 0 Å². The molecule has 0 saturated carbocycles. The van der Waals surface area contributed by atoms with Crippen LogP contribution < -0.4 is 4.74 Å². The molecule has 11 heteroatoms. The van der Waals surface area contributed by atoms with Crippen molar-refractivity contribution in [2.24, 2.45) is 0 Å². The molecule has 1 aliphatic carbocycles. The first-order valence-electron chi connectivity index (χ1n) is 10.3. The highest BCUT2D eigenvalue weighted by Gasteiger charge is 2.33. The fraction of sp³-hybridized carbons (Fsp3) is 0.208. The minimum Gasteiger partial charge on any atom is -0.477 e. The molecule has 0 radical (unpaired) electrons. The van der Waals surface area contributed by atoms with Gasteiger partial charge in [0.15, 0.2) is 0 Å². The number of carboxylic acids is 1. The molecule has 4 rings (SSSR count). The van der Waals surface area contributed by atoms with E-state index in [-0.39, 0.29) is 22.8 Å². The second-order valence-corrected chi connectivity index (χ2v) is 7.74. The maximum atomic E-state index is 14.0. The molecule has 182 valence electrons. The number of nitrogens with zero attached hydrogens (tertiary/aromatic N) is 2. The van der Waals surface area contributed by atoms with E-state index in [1.165, 1.54) is 18.2 Å². The van der Waals surface area contributed by atoms with Crippen LogP contribution in [0.4, 0.5) is 26.3 Å². The number of hydrogen-bond donors (Lipinski definition) is 1. The van der Waals surface area contributed by atoms with Crippen molar-refractivity contribution in [3.63, 3.8) is 0 Å². The predicted octanol–water partition coefficient (Wildman–Crippen LogP) is 6.28. The average Bonchev–Trinajstić information content (AvgIpc) is 3.27. The molecule has 0 atom stereocenters. The van der Waals surface area contributed by atoms with Crippen LogP contribution in [0.15, 0.2) is 42.6 Å². The summed E-state index contributed by atoms with van der Waals surface area (Å²) >= 11 is 0. The van der Waals surface area contributed by atoms with Crippen molar-refractivity contribution in [3.8, 4) is 5.88 Å². The monoisotopic (exact) mass is 494 g/mol. The number of alkyl halides is 3. The topological polar surface area (TPSA) is 72.3 Å². The minimum absolute atomic E-state index is 0.0576. The van der Waals surface area contributed by atoms with E-state index in [0.717, 1.165) is 6.07 Å². The van der Waals surface area contributed by atoms with E-state index < -0.39 is 47.3 Å². The molecular weight excluding hydrogens is 478 g/mol. The molecule has 1 N–H and O–H groups in total. The van der Waals surface area contributed by atoms with Crippen molar-refractivity contribution in [2.75, 3.05) is 0 Å². The van der Waals surface area contributed by atoms with Gasteiger partial charge in [-0.1, -0.05) is 6.07 Å². The second kappa shape index (κ2) is 9.40. The Morgan fingerprint density at radius 2 is 1.71 bits per heavy atom. The first kappa shape index (κ1) is 24.2. The molecule has 0 unspecified atom stereocenters. The third kappa shape index (κ3) is 5.13. The molecular formula is C24H16F6N2O3. The molecule has 0 bridgehead atoms. The van der Waals surface area contributed by atoms with Crippen LogP contribution in [0.1, 0.15) is 52.1 Å². The Labute approximate surface area is 194 Å². The maximum Gasteiger partial charge on any atom is 0.417 e. The van der Waals surface area contributed by atoms with Crippen LogP contribution >= 0.6 is 0 Å². The van der Waals surface area contributed by atoms with Crippen LogP contribution in [0.5, 0.6) is 5.88 Å². The van der Waals surface area contributed by atoms with Crippen molar-refractivity contribution in [3.05, 3.63) is 88.1 Å². The zero-order valence-electron chi connectivity index (χ0n) is 17.8. The normalized spacial score (nSPS) is 13.9. The third-order valence-electron chi connectivity index (χ3n) is 5.46. The lowest BCUT2D eigenvalue weighted by molar-refractivity contribution is -0.137. The van der Waals surface area contributed by atoms with E-state index in [1.54, 1.807) is 0 Å². The van der Waals surface area contributed by atoms with E-state index >= 15 is 0 Å². The number of aromatic carboxylic acids is 1. The van der Waals surface area contributed by atoms with Crippen molar-refractivity contribution in [1.82, 2.24) is 9.97 Å². The predicted molar refractivity (Wildman–Crippen MR) is 112 cm³/mol. The van der Waals surface area contributed by atoms with Gasteiger partial charge < -0.3 is 9.84 Å². The standard InChI is InChI=1S/C24H16F6N2O3/c25-13-8-18(26)17(19(27)9-13)11-35-22-16(7-12(10-31-22)24(28,29)30)14-3-1-4-15(14)20-5-2-6-21(32-20)23(33)34/h2,5-10H,1,3-4,11H2,(H,33,34). The van der Waals surface area contributed by atoms with Crippen molar-refractivity contribution < 1.29 is 41.0 Å². The van der Waals surface area contributed by atoms with Gasteiger partial charge in [0.25, 0.3) is 0 Å². The molecule has 2 aromatic heterocycles. The summed E-state index contributed by atoms with van der Waals surface area (Å²) < 4.78 is 87.0. The van der Waals surface area contributed by atoms with Gasteiger partial charge in [0, 0.05) is 23.9 Å². The summed E-state index contributed by atoms with van der Waals surface area (Å²) in [5.41, 5.74) is -0.788. The molecule has 0 spiro atoms. The Balaban J connectivity index is 1.80. The Morgan fingerprint density at radius 1 is 1.03 bits per heavy atom. The van der Waals surface area contributed by atoms with Gasteiger partial charge in [-0.05, 0) is 48.6 Å². The fourth-order valence-electron chi connectivity index (χ4n) is 3.83. The molecule has 35 heavy (non-hydrogen) atoms. The first-order valence-corrected chi connectivity index (χ1v) is 10.3. The Morgan fingerprint density at radius 3 is 2.37 bits per heavy atom. The zero-order chi connectivity index (χ0) is 25.3. The van der Waals surface area contributed by atoms with Crippen molar-refractivity contribution >= 4 is 17.1 Å². The van der Waals surface area contributed by atoms with Gasteiger partial charge in [-0.15, -0.1) is 0 Å². The zero-order valence-corrected chi connectivity index (χ0v) is 17.8. The lowest BCUT2D eigenvalue weighted by Crippen LogP contribution is -2.10. The molecule has 1 aromatic carbocycles. The molecule has 1 aliphatic rings. The largest absolute Gasteiger partial charge is 0.477 e. The van der Waals surface area contributed by atoms with Crippen molar-refractivity contribution in [2.45, 2.75) is 32.0 Å². The average molecular weight is 494 g/mol. The van der Waals surface area contributed by atoms with E-state index in [1.807, 2.05) is 0 Å². The smallest absolute Gasteiger partial charge is 0.417 e. The minimum atomic E-state index is -4.73. The van der Waals surface area contributed by atoms with Crippen molar-refractivity contribution in [1.29, 1.82) is 0 Å². The number of ether oxygens (including phenoxy) is 1. The lowest BCUT2D eigenvalue weighted by Gasteiger charge is -2.16. The molecule has 0 fully saturated rings. The first-order chi connectivity index (χ1) is 16.5. The van der Waals surface area contributed by atoms with E-state index in [2.05, 4.69) is 9.97 Å². The summed E-state index contributed by atoms with van der Waals surface area (Å²) in [7, 11) is 0. The molecule has 5 nitrogen and oxygen atoms in total. The molecule has 3 aromatic rings. The number of allylic oxidation sites excluding steroid dienone is 2. The van der Waals surface area contributed by atoms with Crippen LogP contribution in [0.2, 0.25) is 0 Å². The number of aromatic nitrogens is 2. The molecule has 0 amide bonds. The number of halogens is 6. The maximum absolute atomic E-state index is 14.0. The fourth-order valence-corrected chi connectivity index (χ4v) is 3.83. The van der Waals surface area contributed by atoms with Gasteiger partial charge in [0.2, 0.25) is 5.88 Å². The van der Waals surface area contributed by atoms with Gasteiger partial charge in [0.05, 0.1) is 16.8 Å².